The highest BCUT2D eigenvalue weighted by Crippen LogP contribution is 2.43. The van der Waals surface area contributed by atoms with Crippen molar-refractivity contribution >= 4 is 13.7 Å². The third-order valence-electron chi connectivity index (χ3n) is 8.46. The lowest BCUT2D eigenvalue weighted by Gasteiger charge is -2.25. The van der Waals surface area contributed by atoms with Gasteiger partial charge in [-0.25, -0.2) is 4.57 Å². The summed E-state index contributed by atoms with van der Waals surface area (Å²) < 4.78 is 23.4. The molecule has 9 heteroatoms. The molecular formula is C47H80N2O6P+. The van der Waals surface area contributed by atoms with Crippen LogP contribution in [0.1, 0.15) is 129 Å². The van der Waals surface area contributed by atoms with E-state index in [1.165, 1.54) is 0 Å². The number of phosphoric ester groups is 1. The smallest absolute Gasteiger partial charge is 0.387 e. The number of hydrogen-bond donors (Lipinski definition) is 3. The number of nitrogens with zero attached hydrogens (tertiary/aromatic N) is 1. The van der Waals surface area contributed by atoms with E-state index in [2.05, 4.69) is 116 Å². The van der Waals surface area contributed by atoms with Gasteiger partial charge in [-0.1, -0.05) is 149 Å². The molecule has 0 aliphatic carbocycles. The van der Waals surface area contributed by atoms with Crippen molar-refractivity contribution in [1.29, 1.82) is 0 Å². The van der Waals surface area contributed by atoms with Gasteiger partial charge >= 0.3 is 7.82 Å². The van der Waals surface area contributed by atoms with Crippen molar-refractivity contribution < 1.29 is 32.9 Å². The molecule has 0 aromatic carbocycles. The number of unbranched alkanes of at least 4 members (excludes halogenated alkanes) is 7. The molecule has 3 unspecified atom stereocenters. The SMILES string of the molecule is CC/C=C\C/C=C\C/C=C\C/C=C\C/C=C\C/C=C\C/C=C\CCCCCCCC(=O)NC(COP(=O)(O)OCC[N+](C)(C)C)C(O)/C=C/CC/C=C/CCC. The number of allylic oxidation sites excluding steroid dienone is 17. The highest BCUT2D eigenvalue weighted by molar-refractivity contribution is 7.47. The van der Waals surface area contributed by atoms with E-state index in [-0.39, 0.29) is 19.1 Å². The predicted molar refractivity (Wildman–Crippen MR) is 239 cm³/mol. The Morgan fingerprint density at radius 3 is 1.62 bits per heavy atom. The average Bonchev–Trinajstić information content (AvgIpc) is 3.15. The summed E-state index contributed by atoms with van der Waals surface area (Å²) in [5.74, 6) is -0.218. The maximum atomic E-state index is 12.8. The minimum absolute atomic E-state index is 0.0446. The van der Waals surface area contributed by atoms with Crippen molar-refractivity contribution in [1.82, 2.24) is 5.32 Å². The molecule has 0 aromatic rings. The Bertz CT molecular complexity index is 1270. The van der Waals surface area contributed by atoms with Gasteiger partial charge in [0.15, 0.2) is 0 Å². The number of likely N-dealkylation sites (N-methyl/N-ethyl adjacent to an activating group) is 1. The predicted octanol–water partition coefficient (Wildman–Crippen LogP) is 11.7. The number of rotatable bonds is 36. The Morgan fingerprint density at radius 1 is 0.625 bits per heavy atom. The molecule has 0 spiro atoms. The van der Waals surface area contributed by atoms with Crippen molar-refractivity contribution in [3.05, 3.63) is 109 Å². The number of aliphatic hydroxyl groups excluding tert-OH is 1. The Kier molecular flexibility index (Phi) is 35.8. The second-order valence-electron chi connectivity index (χ2n) is 15.0. The molecule has 0 rings (SSSR count). The number of hydrogen-bond acceptors (Lipinski definition) is 5. The molecule has 0 fully saturated rings. The Morgan fingerprint density at radius 2 is 1.09 bits per heavy atom. The van der Waals surface area contributed by atoms with E-state index in [9.17, 15) is 19.4 Å². The van der Waals surface area contributed by atoms with E-state index in [0.717, 1.165) is 109 Å². The summed E-state index contributed by atoms with van der Waals surface area (Å²) in [5.41, 5.74) is 0. The van der Waals surface area contributed by atoms with Gasteiger partial charge in [-0.05, 0) is 83.5 Å². The molecule has 0 radical (unpaired) electrons. The summed E-state index contributed by atoms with van der Waals surface area (Å²) in [7, 11) is 1.51. The average molecular weight is 800 g/mol. The number of aliphatic hydroxyl groups is 1. The minimum Gasteiger partial charge on any atom is -0.387 e. The van der Waals surface area contributed by atoms with Gasteiger partial charge in [0, 0.05) is 6.42 Å². The first-order valence-electron chi connectivity index (χ1n) is 21.3. The molecule has 0 aliphatic heterocycles. The van der Waals surface area contributed by atoms with Crippen molar-refractivity contribution in [3.8, 4) is 0 Å². The maximum Gasteiger partial charge on any atom is 0.472 e. The fraction of sp³-hybridized carbons (Fsp3) is 0.596. The second-order valence-corrected chi connectivity index (χ2v) is 16.4. The van der Waals surface area contributed by atoms with Crippen LogP contribution in [0.2, 0.25) is 0 Å². The molecule has 3 N–H and O–H groups in total. The van der Waals surface area contributed by atoms with Gasteiger partial charge in [0.05, 0.1) is 39.9 Å². The monoisotopic (exact) mass is 800 g/mol. The van der Waals surface area contributed by atoms with Crippen LogP contribution in [-0.4, -0.2) is 73.4 Å². The van der Waals surface area contributed by atoms with Crippen LogP contribution < -0.4 is 5.32 Å². The van der Waals surface area contributed by atoms with Crippen LogP contribution in [0.3, 0.4) is 0 Å². The van der Waals surface area contributed by atoms with E-state index < -0.39 is 20.0 Å². The quantitative estimate of drug-likeness (QED) is 0.0252. The summed E-state index contributed by atoms with van der Waals surface area (Å²) in [5, 5.41) is 13.6. The molecule has 0 heterocycles. The first kappa shape index (κ1) is 53.2. The molecule has 0 bridgehead atoms. The lowest BCUT2D eigenvalue weighted by molar-refractivity contribution is -0.870. The summed E-state index contributed by atoms with van der Waals surface area (Å²) in [6.07, 6.45) is 54.8. The Labute approximate surface area is 342 Å². The van der Waals surface area contributed by atoms with Crippen LogP contribution in [0.4, 0.5) is 0 Å². The van der Waals surface area contributed by atoms with Crippen LogP contribution in [0.15, 0.2) is 109 Å². The van der Waals surface area contributed by atoms with Gasteiger partial charge in [-0.2, -0.15) is 0 Å². The zero-order valence-electron chi connectivity index (χ0n) is 35.8. The van der Waals surface area contributed by atoms with Gasteiger partial charge in [-0.15, -0.1) is 0 Å². The third-order valence-corrected chi connectivity index (χ3v) is 9.44. The van der Waals surface area contributed by atoms with E-state index in [0.29, 0.717) is 17.4 Å². The standard InChI is InChI=1S/C47H79N2O6P/c1-6-8-10-12-14-15-16-17-18-19-20-21-22-23-24-25-26-27-28-29-30-31-32-33-35-37-39-41-47(51)48-45(46(50)40-38-36-34-13-11-9-7-2)44-55-56(52,53)54-43-42-49(3,4)5/h8,10-11,13-15,17-18,20-21,23-24,26-27,29-30,38,40,45-46,50H,6-7,9,12,16,19,22,25,28,31-37,39,41-44H2,1-5H3,(H-,48,51,52,53)/p+1/b10-8-,13-11+,15-14-,18-17-,21-20-,24-23-,27-26-,30-29-,40-38+. The Hall–Kier alpha value is -2.84. The molecular weight excluding hydrogens is 719 g/mol. The molecule has 3 atom stereocenters. The molecule has 0 saturated carbocycles. The number of quaternary nitrogens is 1. The van der Waals surface area contributed by atoms with Crippen LogP contribution in [0, 0.1) is 0 Å². The van der Waals surface area contributed by atoms with Crippen LogP contribution in [0.5, 0.6) is 0 Å². The molecule has 0 aromatic heterocycles. The van der Waals surface area contributed by atoms with E-state index in [1.54, 1.807) is 6.08 Å². The molecule has 56 heavy (non-hydrogen) atoms. The molecule has 8 nitrogen and oxygen atoms in total. The van der Waals surface area contributed by atoms with Crippen molar-refractivity contribution in [2.45, 2.75) is 142 Å². The normalized spacial score (nSPS) is 15.5. The first-order valence-corrected chi connectivity index (χ1v) is 22.8. The highest BCUT2D eigenvalue weighted by Gasteiger charge is 2.27. The number of amides is 1. The summed E-state index contributed by atoms with van der Waals surface area (Å²) >= 11 is 0. The fourth-order valence-electron chi connectivity index (χ4n) is 5.10. The number of carbonyl (C=O) groups is 1. The zero-order chi connectivity index (χ0) is 41.4. The lowest BCUT2D eigenvalue weighted by Crippen LogP contribution is -2.45. The second kappa shape index (κ2) is 37.7. The van der Waals surface area contributed by atoms with Gasteiger partial charge in [0.1, 0.15) is 13.2 Å². The van der Waals surface area contributed by atoms with Gasteiger partial charge < -0.3 is 19.8 Å². The van der Waals surface area contributed by atoms with E-state index >= 15 is 0 Å². The fourth-order valence-corrected chi connectivity index (χ4v) is 5.84. The number of nitrogens with one attached hydrogen (secondary N) is 1. The minimum atomic E-state index is -4.35. The lowest BCUT2D eigenvalue weighted by atomic mass is 10.1. The highest BCUT2D eigenvalue weighted by atomic mass is 31.2. The molecule has 0 saturated heterocycles. The van der Waals surface area contributed by atoms with Crippen molar-refractivity contribution in [2.24, 2.45) is 0 Å². The van der Waals surface area contributed by atoms with E-state index in [4.69, 9.17) is 9.05 Å². The molecule has 1 amide bonds. The van der Waals surface area contributed by atoms with Crippen molar-refractivity contribution in [3.63, 3.8) is 0 Å². The Balaban J connectivity index is 4.28. The summed E-state index contributed by atoms with van der Waals surface area (Å²) in [4.78, 5) is 23.0. The molecule has 318 valence electrons. The number of phosphoric acid groups is 1. The van der Waals surface area contributed by atoms with Crippen LogP contribution in [-0.2, 0) is 18.4 Å². The number of carbonyl (C=O) groups excluding carboxylic acids is 1. The van der Waals surface area contributed by atoms with Crippen LogP contribution >= 0.6 is 7.82 Å². The van der Waals surface area contributed by atoms with Gasteiger partial charge in [0.25, 0.3) is 0 Å². The van der Waals surface area contributed by atoms with Crippen LogP contribution in [0.25, 0.3) is 0 Å². The zero-order valence-corrected chi connectivity index (χ0v) is 36.7. The topological polar surface area (TPSA) is 105 Å². The van der Waals surface area contributed by atoms with E-state index in [1.807, 2.05) is 27.2 Å². The third kappa shape index (κ3) is 39.4. The van der Waals surface area contributed by atoms with Gasteiger partial charge in [-0.3, -0.25) is 13.8 Å². The first-order chi connectivity index (χ1) is 27.0. The largest absolute Gasteiger partial charge is 0.472 e. The van der Waals surface area contributed by atoms with Crippen molar-refractivity contribution in [2.75, 3.05) is 40.9 Å². The summed E-state index contributed by atoms with van der Waals surface area (Å²) in [6, 6.07) is -0.878. The van der Waals surface area contributed by atoms with Gasteiger partial charge in [0.2, 0.25) is 5.91 Å². The molecule has 0 aliphatic rings. The maximum absolute atomic E-state index is 12.8. The summed E-state index contributed by atoms with van der Waals surface area (Å²) in [6.45, 7) is 4.51.